The first-order valence-electron chi connectivity index (χ1n) is 11.6. The minimum atomic E-state index is -0.552. The van der Waals surface area contributed by atoms with E-state index in [1.54, 1.807) is 30.2 Å². The number of carbonyl (C=O) groups is 2. The number of hydrogen-bond donors (Lipinski definition) is 1. The highest BCUT2D eigenvalue weighted by Gasteiger charge is 2.30. The van der Waals surface area contributed by atoms with Crippen molar-refractivity contribution < 1.29 is 14.3 Å². The van der Waals surface area contributed by atoms with Gasteiger partial charge in [-0.1, -0.05) is 67.6 Å². The Hall–Kier alpha value is -2.24. The van der Waals surface area contributed by atoms with E-state index in [1.807, 2.05) is 31.2 Å². The topological polar surface area (TPSA) is 58.6 Å². The van der Waals surface area contributed by atoms with E-state index in [0.717, 1.165) is 42.6 Å². The van der Waals surface area contributed by atoms with Crippen LogP contribution in [0.3, 0.4) is 0 Å². The summed E-state index contributed by atoms with van der Waals surface area (Å²) in [6.45, 7) is 2.28. The number of benzene rings is 2. The van der Waals surface area contributed by atoms with E-state index >= 15 is 0 Å². The van der Waals surface area contributed by atoms with Crippen molar-refractivity contribution in [2.45, 2.75) is 70.5 Å². The highest BCUT2D eigenvalue weighted by Crippen LogP contribution is 2.24. The average molecular weight is 491 g/mol. The van der Waals surface area contributed by atoms with Crippen molar-refractivity contribution in [1.29, 1.82) is 0 Å². The predicted octanol–water partition coefficient (Wildman–Crippen LogP) is 5.80. The molecule has 2 aromatic carbocycles. The first kappa shape index (κ1) is 25.4. The number of nitrogens with zero attached hydrogens (tertiary/aromatic N) is 1. The van der Waals surface area contributed by atoms with Crippen molar-refractivity contribution in [2.24, 2.45) is 0 Å². The SMILES string of the molecule is CC[C@@H](C(=O)NC1CCCCC1)N(Cc1ccc(OC)cc1)C(=O)Cc1ccc(Cl)c(Cl)c1. The summed E-state index contributed by atoms with van der Waals surface area (Å²) in [5, 5.41) is 4.05. The van der Waals surface area contributed by atoms with Crippen LogP contribution in [0.25, 0.3) is 0 Å². The molecule has 2 amide bonds. The Morgan fingerprint density at radius 1 is 1.03 bits per heavy atom. The summed E-state index contributed by atoms with van der Waals surface area (Å²) in [6, 6.07) is 12.4. The molecule has 0 radical (unpaired) electrons. The van der Waals surface area contributed by atoms with Crippen LogP contribution in [0.15, 0.2) is 42.5 Å². The third kappa shape index (κ3) is 7.12. The fraction of sp³-hybridized carbons (Fsp3) is 0.462. The van der Waals surface area contributed by atoms with Crippen molar-refractivity contribution in [3.8, 4) is 5.75 Å². The van der Waals surface area contributed by atoms with Gasteiger partial charge in [0.1, 0.15) is 11.8 Å². The molecule has 3 rings (SSSR count). The lowest BCUT2D eigenvalue weighted by molar-refractivity contribution is -0.141. The molecule has 33 heavy (non-hydrogen) atoms. The fourth-order valence-corrected chi connectivity index (χ4v) is 4.64. The standard InChI is InChI=1S/C26H32Cl2N2O3/c1-3-24(26(32)29-20-7-5-4-6-8-20)30(17-18-9-12-21(33-2)13-10-18)25(31)16-19-11-14-22(27)23(28)15-19/h9-15,20,24H,3-8,16-17H2,1-2H3,(H,29,32)/t24-/m0/s1. The summed E-state index contributed by atoms with van der Waals surface area (Å²) in [5.41, 5.74) is 1.69. The molecule has 0 aliphatic heterocycles. The summed E-state index contributed by atoms with van der Waals surface area (Å²) < 4.78 is 5.24. The summed E-state index contributed by atoms with van der Waals surface area (Å²) >= 11 is 12.2. The van der Waals surface area contributed by atoms with E-state index in [1.165, 1.54) is 6.42 Å². The molecular formula is C26H32Cl2N2O3. The highest BCUT2D eigenvalue weighted by atomic mass is 35.5. The molecule has 1 saturated carbocycles. The van der Waals surface area contributed by atoms with Crippen LogP contribution in [0.5, 0.6) is 5.75 Å². The van der Waals surface area contributed by atoms with Crippen LogP contribution in [-0.4, -0.2) is 35.9 Å². The molecule has 1 aliphatic rings. The molecule has 7 heteroatoms. The third-order valence-electron chi connectivity index (χ3n) is 6.19. The molecule has 0 unspecified atom stereocenters. The number of amides is 2. The Kier molecular flexibility index (Phi) is 9.45. The van der Waals surface area contributed by atoms with Gasteiger partial charge in [-0.3, -0.25) is 9.59 Å². The van der Waals surface area contributed by atoms with E-state index in [9.17, 15) is 9.59 Å². The maximum atomic E-state index is 13.5. The van der Waals surface area contributed by atoms with Crippen molar-refractivity contribution in [3.05, 3.63) is 63.6 Å². The molecular weight excluding hydrogens is 459 g/mol. The number of rotatable bonds is 9. The van der Waals surface area contributed by atoms with Gasteiger partial charge in [0.15, 0.2) is 0 Å². The zero-order valence-electron chi connectivity index (χ0n) is 19.3. The van der Waals surface area contributed by atoms with E-state index < -0.39 is 6.04 Å². The van der Waals surface area contributed by atoms with E-state index in [-0.39, 0.29) is 24.3 Å². The molecule has 5 nitrogen and oxygen atoms in total. The Balaban J connectivity index is 1.81. The van der Waals surface area contributed by atoms with Gasteiger partial charge in [0.05, 0.1) is 23.6 Å². The second-order valence-corrected chi connectivity index (χ2v) is 9.38. The molecule has 1 fully saturated rings. The second-order valence-electron chi connectivity index (χ2n) is 8.56. The van der Waals surface area contributed by atoms with Crippen molar-refractivity contribution in [3.63, 3.8) is 0 Å². The van der Waals surface area contributed by atoms with Crippen molar-refractivity contribution in [1.82, 2.24) is 10.2 Å². The summed E-state index contributed by atoms with van der Waals surface area (Å²) in [6.07, 6.45) is 6.15. The van der Waals surface area contributed by atoms with Crippen LogP contribution in [-0.2, 0) is 22.6 Å². The molecule has 0 bridgehead atoms. The lowest BCUT2D eigenvalue weighted by Crippen LogP contribution is -2.51. The number of nitrogens with one attached hydrogen (secondary N) is 1. The maximum Gasteiger partial charge on any atom is 0.243 e. The number of hydrogen-bond acceptors (Lipinski definition) is 3. The molecule has 1 N–H and O–H groups in total. The van der Waals surface area contributed by atoms with Gasteiger partial charge in [-0.15, -0.1) is 0 Å². The van der Waals surface area contributed by atoms with Crippen molar-refractivity contribution >= 4 is 35.0 Å². The van der Waals surface area contributed by atoms with Crippen LogP contribution >= 0.6 is 23.2 Å². The first-order chi connectivity index (χ1) is 15.9. The quantitative estimate of drug-likeness (QED) is 0.482. The highest BCUT2D eigenvalue weighted by molar-refractivity contribution is 6.42. The van der Waals surface area contributed by atoms with Crippen LogP contribution in [0.4, 0.5) is 0 Å². The smallest absolute Gasteiger partial charge is 0.243 e. The predicted molar refractivity (Wildman–Crippen MR) is 133 cm³/mol. The van der Waals surface area contributed by atoms with Crippen LogP contribution in [0.1, 0.15) is 56.6 Å². The Morgan fingerprint density at radius 2 is 1.70 bits per heavy atom. The minimum absolute atomic E-state index is 0.0830. The Labute approximate surface area is 206 Å². The monoisotopic (exact) mass is 490 g/mol. The van der Waals surface area contributed by atoms with Crippen LogP contribution in [0, 0.1) is 0 Å². The molecule has 1 aliphatic carbocycles. The Morgan fingerprint density at radius 3 is 2.30 bits per heavy atom. The van der Waals surface area contributed by atoms with Gasteiger partial charge in [0.2, 0.25) is 11.8 Å². The zero-order chi connectivity index (χ0) is 23.8. The lowest BCUT2D eigenvalue weighted by Gasteiger charge is -2.33. The second kappa shape index (κ2) is 12.3. The number of halogens is 2. The van der Waals surface area contributed by atoms with Crippen LogP contribution in [0.2, 0.25) is 10.0 Å². The number of methoxy groups -OCH3 is 1. The average Bonchev–Trinajstić information content (AvgIpc) is 2.82. The molecule has 1 atom stereocenters. The summed E-state index contributed by atoms with van der Waals surface area (Å²) in [5.74, 6) is 0.532. The molecule has 0 aromatic heterocycles. The molecule has 0 heterocycles. The molecule has 2 aromatic rings. The van der Waals surface area contributed by atoms with Gasteiger partial charge in [-0.05, 0) is 54.7 Å². The fourth-order valence-electron chi connectivity index (χ4n) is 4.32. The van der Waals surface area contributed by atoms with Gasteiger partial charge in [0.25, 0.3) is 0 Å². The summed E-state index contributed by atoms with van der Waals surface area (Å²) in [7, 11) is 1.62. The van der Waals surface area contributed by atoms with Crippen molar-refractivity contribution in [2.75, 3.05) is 7.11 Å². The van der Waals surface area contributed by atoms with Gasteiger partial charge in [0, 0.05) is 12.6 Å². The van der Waals surface area contributed by atoms with Gasteiger partial charge >= 0.3 is 0 Å². The summed E-state index contributed by atoms with van der Waals surface area (Å²) in [4.78, 5) is 28.4. The molecule has 178 valence electrons. The largest absolute Gasteiger partial charge is 0.497 e. The normalized spacial score (nSPS) is 15.0. The number of ether oxygens (including phenoxy) is 1. The maximum absolute atomic E-state index is 13.5. The van der Waals surface area contributed by atoms with Gasteiger partial charge < -0.3 is 15.0 Å². The van der Waals surface area contributed by atoms with Crippen LogP contribution < -0.4 is 10.1 Å². The van der Waals surface area contributed by atoms with E-state index in [4.69, 9.17) is 27.9 Å². The van der Waals surface area contributed by atoms with Gasteiger partial charge in [-0.25, -0.2) is 0 Å². The van der Waals surface area contributed by atoms with Gasteiger partial charge in [-0.2, -0.15) is 0 Å². The first-order valence-corrected chi connectivity index (χ1v) is 12.3. The molecule has 0 saturated heterocycles. The third-order valence-corrected chi connectivity index (χ3v) is 6.93. The van der Waals surface area contributed by atoms with E-state index in [0.29, 0.717) is 23.0 Å². The Bertz CT molecular complexity index is 943. The number of carbonyl (C=O) groups excluding carboxylic acids is 2. The van der Waals surface area contributed by atoms with E-state index in [2.05, 4.69) is 5.32 Å². The lowest BCUT2D eigenvalue weighted by atomic mass is 9.95. The minimum Gasteiger partial charge on any atom is -0.497 e. The molecule has 0 spiro atoms. The zero-order valence-corrected chi connectivity index (χ0v) is 20.8.